The Kier molecular flexibility index (Phi) is 3.36. The third-order valence-corrected chi connectivity index (χ3v) is 1.87. The first kappa shape index (κ1) is 12.7. The summed E-state index contributed by atoms with van der Waals surface area (Å²) in [7, 11) is 0. The van der Waals surface area contributed by atoms with Gasteiger partial charge in [0.15, 0.2) is 0 Å². The Hall–Kier alpha value is -1.38. The topological polar surface area (TPSA) is 9.23 Å². The molecule has 0 heterocycles. The van der Waals surface area contributed by atoms with Gasteiger partial charge in [-0.05, 0) is 33.3 Å². The maximum Gasteiger partial charge on any atom is 0.137 e. The van der Waals surface area contributed by atoms with Crippen LogP contribution in [0.15, 0.2) is 18.7 Å². The van der Waals surface area contributed by atoms with Crippen molar-refractivity contribution in [2.75, 3.05) is 0 Å². The Bertz CT molecular complexity index is 393. The van der Waals surface area contributed by atoms with E-state index in [4.69, 9.17) is 4.74 Å². The van der Waals surface area contributed by atoms with Gasteiger partial charge in [-0.3, -0.25) is 0 Å². The number of allylic oxidation sites excluding steroid dienone is 1. The number of rotatable bonds is 2. The van der Waals surface area contributed by atoms with Crippen LogP contribution in [-0.2, 0) is 0 Å². The molecule has 0 aromatic heterocycles. The molecule has 1 aromatic carbocycles. The van der Waals surface area contributed by atoms with E-state index in [2.05, 4.69) is 6.58 Å². The van der Waals surface area contributed by atoms with Crippen LogP contribution in [0.4, 0.5) is 8.78 Å². The molecule has 16 heavy (non-hydrogen) atoms. The fraction of sp³-hybridized carbons (Fsp3) is 0.385. The van der Waals surface area contributed by atoms with Gasteiger partial charge in [0.25, 0.3) is 0 Å². The molecule has 88 valence electrons. The average Bonchev–Trinajstić information content (AvgIpc) is 1.96. The van der Waals surface area contributed by atoms with Gasteiger partial charge < -0.3 is 4.74 Å². The highest BCUT2D eigenvalue weighted by Gasteiger charge is 2.16. The summed E-state index contributed by atoms with van der Waals surface area (Å²) in [6, 6.07) is 2.36. The second-order valence-corrected chi connectivity index (χ2v) is 4.76. The predicted octanol–water partition coefficient (Wildman–Crippen LogP) is 4.18. The summed E-state index contributed by atoms with van der Waals surface area (Å²) < 4.78 is 32.5. The van der Waals surface area contributed by atoms with Crippen molar-refractivity contribution in [3.63, 3.8) is 0 Å². The van der Waals surface area contributed by atoms with Gasteiger partial charge in [0.05, 0.1) is 0 Å². The van der Waals surface area contributed by atoms with E-state index in [-0.39, 0.29) is 11.3 Å². The minimum atomic E-state index is -0.647. The first-order chi connectivity index (χ1) is 7.20. The molecule has 0 radical (unpaired) electrons. The smallest absolute Gasteiger partial charge is 0.137 e. The molecule has 0 unspecified atom stereocenters. The van der Waals surface area contributed by atoms with E-state index >= 15 is 0 Å². The Morgan fingerprint density at radius 2 is 1.62 bits per heavy atom. The highest BCUT2D eigenvalue weighted by atomic mass is 19.1. The van der Waals surface area contributed by atoms with Gasteiger partial charge >= 0.3 is 0 Å². The molecule has 0 spiro atoms. The summed E-state index contributed by atoms with van der Waals surface area (Å²) in [4.78, 5) is 0. The van der Waals surface area contributed by atoms with Gasteiger partial charge in [-0.2, -0.15) is 0 Å². The standard InChI is InChI=1S/C13H16F2O/c1-8(2)12-10(14)6-9(7-11(12)15)16-13(3,4)5/h6-7H,1H2,2-5H3. The first-order valence-corrected chi connectivity index (χ1v) is 5.04. The second-order valence-electron chi connectivity index (χ2n) is 4.76. The Labute approximate surface area is 94.7 Å². The fourth-order valence-corrected chi connectivity index (χ4v) is 1.37. The molecule has 0 bridgehead atoms. The van der Waals surface area contributed by atoms with E-state index in [1.165, 1.54) is 12.1 Å². The number of ether oxygens (including phenoxy) is 1. The Balaban J connectivity index is 3.15. The second kappa shape index (κ2) is 4.24. The highest BCUT2D eigenvalue weighted by Crippen LogP contribution is 2.27. The first-order valence-electron chi connectivity index (χ1n) is 5.04. The lowest BCUT2D eigenvalue weighted by atomic mass is 10.1. The van der Waals surface area contributed by atoms with Gasteiger partial charge in [0.1, 0.15) is 23.0 Å². The summed E-state index contributed by atoms with van der Waals surface area (Å²) >= 11 is 0. The van der Waals surface area contributed by atoms with Gasteiger partial charge in [-0.25, -0.2) is 8.78 Å². The molecule has 0 saturated carbocycles. The maximum atomic E-state index is 13.6. The lowest BCUT2D eigenvalue weighted by Gasteiger charge is -2.21. The molecule has 1 aromatic rings. The van der Waals surface area contributed by atoms with Gasteiger partial charge in [0.2, 0.25) is 0 Å². The van der Waals surface area contributed by atoms with E-state index in [1.807, 2.05) is 20.8 Å². The van der Waals surface area contributed by atoms with Crippen molar-refractivity contribution in [1.82, 2.24) is 0 Å². The monoisotopic (exact) mass is 226 g/mol. The summed E-state index contributed by atoms with van der Waals surface area (Å²) in [5.74, 6) is -1.11. The third-order valence-electron chi connectivity index (χ3n) is 1.87. The summed E-state index contributed by atoms with van der Waals surface area (Å²) in [6.45, 7) is 10.5. The van der Waals surface area contributed by atoms with Crippen LogP contribution in [0.1, 0.15) is 33.3 Å². The molecule has 1 nitrogen and oxygen atoms in total. The van der Waals surface area contributed by atoms with Crippen molar-refractivity contribution in [3.8, 4) is 5.75 Å². The summed E-state index contributed by atoms with van der Waals surface area (Å²) in [5.41, 5.74) is -0.206. The van der Waals surface area contributed by atoms with E-state index in [0.29, 0.717) is 5.57 Å². The van der Waals surface area contributed by atoms with E-state index in [9.17, 15) is 8.78 Å². The molecule has 0 fully saturated rings. The third kappa shape index (κ3) is 3.05. The predicted molar refractivity (Wildman–Crippen MR) is 61.4 cm³/mol. The number of hydrogen-bond acceptors (Lipinski definition) is 1. The van der Waals surface area contributed by atoms with Crippen LogP contribution in [0.5, 0.6) is 5.75 Å². The molecule has 0 atom stereocenters. The molecule has 0 saturated heterocycles. The molecule has 0 aliphatic heterocycles. The highest BCUT2D eigenvalue weighted by molar-refractivity contribution is 5.63. The average molecular weight is 226 g/mol. The lowest BCUT2D eigenvalue weighted by Crippen LogP contribution is -2.23. The van der Waals surface area contributed by atoms with Crippen LogP contribution in [0.2, 0.25) is 0 Å². The van der Waals surface area contributed by atoms with Crippen molar-refractivity contribution in [2.24, 2.45) is 0 Å². The van der Waals surface area contributed by atoms with Crippen LogP contribution in [0.25, 0.3) is 5.57 Å². The van der Waals surface area contributed by atoms with Crippen LogP contribution >= 0.6 is 0 Å². The summed E-state index contributed by atoms with van der Waals surface area (Å²) in [6.07, 6.45) is 0. The van der Waals surface area contributed by atoms with Crippen LogP contribution in [-0.4, -0.2) is 5.60 Å². The molecule has 1 rings (SSSR count). The molecule has 0 aliphatic rings. The zero-order chi connectivity index (χ0) is 12.5. The Morgan fingerprint density at radius 1 is 1.19 bits per heavy atom. The SMILES string of the molecule is C=C(C)c1c(F)cc(OC(C)(C)C)cc1F. The van der Waals surface area contributed by atoms with Crippen molar-refractivity contribution in [3.05, 3.63) is 35.9 Å². The zero-order valence-corrected chi connectivity index (χ0v) is 10.0. The largest absolute Gasteiger partial charge is 0.488 e. The lowest BCUT2D eigenvalue weighted by molar-refractivity contribution is 0.130. The van der Waals surface area contributed by atoms with Crippen LogP contribution in [0.3, 0.4) is 0 Å². The van der Waals surface area contributed by atoms with Crippen LogP contribution < -0.4 is 4.74 Å². The normalized spacial score (nSPS) is 11.4. The number of hydrogen-bond donors (Lipinski definition) is 0. The fourth-order valence-electron chi connectivity index (χ4n) is 1.37. The molecule has 3 heteroatoms. The maximum absolute atomic E-state index is 13.6. The van der Waals surface area contributed by atoms with E-state index in [1.54, 1.807) is 6.92 Å². The number of benzene rings is 1. The van der Waals surface area contributed by atoms with Crippen molar-refractivity contribution in [1.29, 1.82) is 0 Å². The molecule has 0 N–H and O–H groups in total. The van der Waals surface area contributed by atoms with Crippen LogP contribution in [0, 0.1) is 11.6 Å². The van der Waals surface area contributed by atoms with Crippen molar-refractivity contribution >= 4 is 5.57 Å². The minimum absolute atomic E-state index is 0.0822. The van der Waals surface area contributed by atoms with E-state index < -0.39 is 17.2 Å². The van der Waals surface area contributed by atoms with Gasteiger partial charge in [-0.15, -0.1) is 0 Å². The quantitative estimate of drug-likeness (QED) is 0.735. The van der Waals surface area contributed by atoms with Crippen molar-refractivity contribution in [2.45, 2.75) is 33.3 Å². The zero-order valence-electron chi connectivity index (χ0n) is 10.0. The molecular formula is C13H16F2O. The van der Waals surface area contributed by atoms with Gasteiger partial charge in [-0.1, -0.05) is 6.58 Å². The minimum Gasteiger partial charge on any atom is -0.488 e. The Morgan fingerprint density at radius 3 is 1.94 bits per heavy atom. The van der Waals surface area contributed by atoms with Gasteiger partial charge in [0, 0.05) is 17.7 Å². The van der Waals surface area contributed by atoms with Crippen molar-refractivity contribution < 1.29 is 13.5 Å². The molecule has 0 aliphatic carbocycles. The molecule has 0 amide bonds. The number of halogens is 2. The van der Waals surface area contributed by atoms with E-state index in [0.717, 1.165) is 0 Å². The molecular weight excluding hydrogens is 210 g/mol. The summed E-state index contributed by atoms with van der Waals surface area (Å²) in [5, 5.41) is 0.